The van der Waals surface area contributed by atoms with Crippen LogP contribution in [0.5, 0.6) is 0 Å². The Labute approximate surface area is 182 Å². The van der Waals surface area contributed by atoms with Crippen molar-refractivity contribution in [1.82, 2.24) is 4.98 Å². The van der Waals surface area contributed by atoms with Crippen molar-refractivity contribution in [2.75, 3.05) is 0 Å². The molecule has 1 unspecified atom stereocenters. The van der Waals surface area contributed by atoms with Gasteiger partial charge in [-0.2, -0.15) is 0 Å². The lowest BCUT2D eigenvalue weighted by atomic mass is 9.96. The van der Waals surface area contributed by atoms with Crippen LogP contribution in [0.25, 0.3) is 0 Å². The van der Waals surface area contributed by atoms with Crippen molar-refractivity contribution < 1.29 is 4.79 Å². The summed E-state index contributed by atoms with van der Waals surface area (Å²) in [6.07, 6.45) is 35.9. The highest BCUT2D eigenvalue weighted by Crippen LogP contribution is 2.19. The lowest BCUT2D eigenvalue weighted by molar-refractivity contribution is -0.119. The molecule has 2 N–H and O–H groups in total. The van der Waals surface area contributed by atoms with Crippen LogP contribution in [-0.2, 0) is 4.79 Å². The van der Waals surface area contributed by atoms with E-state index in [1.54, 1.807) is 12.4 Å². The lowest BCUT2D eigenvalue weighted by Gasteiger charge is -2.10. The fraction of sp³-hybridized carbons (Fsp3) is 0.333. The van der Waals surface area contributed by atoms with Gasteiger partial charge in [0.2, 0.25) is 5.91 Å². The summed E-state index contributed by atoms with van der Waals surface area (Å²) in [7, 11) is 0. The number of nitrogens with two attached hydrogens (primary N) is 1. The van der Waals surface area contributed by atoms with Crippen LogP contribution in [-0.4, -0.2) is 10.9 Å². The van der Waals surface area contributed by atoms with Gasteiger partial charge in [0.05, 0.1) is 5.92 Å². The highest BCUT2D eigenvalue weighted by molar-refractivity contribution is 5.82. The number of carbonyl (C=O) groups excluding carboxylic acids is 1. The van der Waals surface area contributed by atoms with Gasteiger partial charge in [-0.1, -0.05) is 79.8 Å². The molecule has 0 saturated heterocycles. The molecule has 0 bridgehead atoms. The lowest BCUT2D eigenvalue weighted by Crippen LogP contribution is -2.20. The summed E-state index contributed by atoms with van der Waals surface area (Å²) >= 11 is 0. The largest absolute Gasteiger partial charge is 0.369 e. The van der Waals surface area contributed by atoms with Gasteiger partial charge < -0.3 is 5.73 Å². The summed E-state index contributed by atoms with van der Waals surface area (Å²) in [4.78, 5) is 15.6. The monoisotopic (exact) mass is 404 g/mol. The minimum Gasteiger partial charge on any atom is -0.369 e. The molecule has 0 spiro atoms. The van der Waals surface area contributed by atoms with E-state index in [9.17, 15) is 4.79 Å². The number of primary amides is 1. The summed E-state index contributed by atoms with van der Waals surface area (Å²) in [5.74, 6) is -0.599. The van der Waals surface area contributed by atoms with E-state index in [0.717, 1.165) is 44.1 Å². The SMILES string of the molecule is CCC=CCC=CCC=CCC=CCC=CCC=CCC(C(N)=O)c1ccncc1. The number of hydrogen-bond donors (Lipinski definition) is 1. The van der Waals surface area contributed by atoms with E-state index in [-0.39, 0.29) is 11.8 Å². The number of rotatable bonds is 15. The maximum Gasteiger partial charge on any atom is 0.225 e. The molecule has 3 heteroatoms. The Morgan fingerprint density at radius 3 is 1.57 bits per heavy atom. The zero-order chi connectivity index (χ0) is 21.7. The van der Waals surface area contributed by atoms with Crippen LogP contribution in [0.15, 0.2) is 97.4 Å². The first-order valence-electron chi connectivity index (χ1n) is 10.8. The minimum atomic E-state index is -0.305. The van der Waals surface area contributed by atoms with E-state index in [2.05, 4.69) is 78.7 Å². The van der Waals surface area contributed by atoms with E-state index in [4.69, 9.17) is 5.73 Å². The summed E-state index contributed by atoms with van der Waals surface area (Å²) in [5, 5.41) is 0. The molecule has 1 rings (SSSR count). The van der Waals surface area contributed by atoms with Crippen LogP contribution in [0.2, 0.25) is 0 Å². The maximum absolute atomic E-state index is 11.6. The van der Waals surface area contributed by atoms with E-state index in [1.807, 2.05) is 18.2 Å². The smallest absolute Gasteiger partial charge is 0.225 e. The molecular formula is C27H36N2O. The van der Waals surface area contributed by atoms with Gasteiger partial charge in [-0.25, -0.2) is 0 Å². The standard InChI is InChI=1S/C27H36N2O/c1-2-3-4-5-6-7-8-9-10-11-12-13-14-15-16-17-18-19-20-26(27(28)30)25-21-23-29-24-22-25/h3-4,6-7,9-10,12-13,15-16,18-19,21-24,26H,2,5,8,11,14,17,20H2,1H3,(H2,28,30). The second-order valence-corrected chi connectivity index (χ2v) is 6.89. The van der Waals surface area contributed by atoms with Gasteiger partial charge in [-0.3, -0.25) is 9.78 Å². The predicted octanol–water partition coefficient (Wildman–Crippen LogP) is 6.74. The zero-order valence-corrected chi connectivity index (χ0v) is 18.2. The van der Waals surface area contributed by atoms with Crippen molar-refractivity contribution in [2.24, 2.45) is 5.73 Å². The van der Waals surface area contributed by atoms with Crippen LogP contribution in [0.3, 0.4) is 0 Å². The van der Waals surface area contributed by atoms with E-state index in [1.165, 1.54) is 0 Å². The number of hydrogen-bond acceptors (Lipinski definition) is 2. The fourth-order valence-corrected chi connectivity index (χ4v) is 2.77. The molecule has 1 aromatic heterocycles. The van der Waals surface area contributed by atoms with Crippen LogP contribution in [0.4, 0.5) is 0 Å². The Morgan fingerprint density at radius 1 is 0.767 bits per heavy atom. The Balaban J connectivity index is 2.13. The second-order valence-electron chi connectivity index (χ2n) is 6.89. The number of pyridine rings is 1. The summed E-state index contributed by atoms with van der Waals surface area (Å²) in [6, 6.07) is 3.68. The highest BCUT2D eigenvalue weighted by Gasteiger charge is 2.15. The Bertz CT molecular complexity index is 739. The number of nitrogens with zero attached hydrogens (tertiary/aromatic N) is 1. The minimum absolute atomic E-state index is 0.294. The molecule has 1 atom stereocenters. The van der Waals surface area contributed by atoms with Crippen LogP contribution in [0.1, 0.15) is 63.4 Å². The van der Waals surface area contributed by atoms with Crippen molar-refractivity contribution in [3.63, 3.8) is 0 Å². The van der Waals surface area contributed by atoms with E-state index >= 15 is 0 Å². The van der Waals surface area contributed by atoms with Crippen molar-refractivity contribution in [1.29, 1.82) is 0 Å². The Morgan fingerprint density at radius 2 is 1.17 bits per heavy atom. The molecular weight excluding hydrogens is 368 g/mol. The molecule has 0 fully saturated rings. The molecule has 3 nitrogen and oxygen atoms in total. The average Bonchev–Trinajstić information content (AvgIpc) is 2.76. The van der Waals surface area contributed by atoms with Crippen molar-refractivity contribution in [2.45, 2.75) is 57.8 Å². The molecule has 160 valence electrons. The third kappa shape index (κ3) is 13.3. The number of aromatic nitrogens is 1. The van der Waals surface area contributed by atoms with Gasteiger partial charge in [0.1, 0.15) is 0 Å². The Kier molecular flexibility index (Phi) is 15.2. The zero-order valence-electron chi connectivity index (χ0n) is 18.2. The molecule has 30 heavy (non-hydrogen) atoms. The van der Waals surface area contributed by atoms with Gasteiger partial charge in [0.15, 0.2) is 0 Å². The third-order valence-corrected chi connectivity index (χ3v) is 4.42. The third-order valence-electron chi connectivity index (χ3n) is 4.42. The molecule has 1 heterocycles. The first kappa shape index (κ1) is 25.1. The Hall–Kier alpha value is -2.94. The van der Waals surface area contributed by atoms with Gasteiger partial charge in [-0.15, -0.1) is 0 Å². The van der Waals surface area contributed by atoms with Gasteiger partial charge in [-0.05, 0) is 62.6 Å². The highest BCUT2D eigenvalue weighted by atomic mass is 16.1. The number of allylic oxidation sites excluding steroid dienone is 12. The fourth-order valence-electron chi connectivity index (χ4n) is 2.77. The van der Waals surface area contributed by atoms with Crippen LogP contribution < -0.4 is 5.73 Å². The van der Waals surface area contributed by atoms with Crippen LogP contribution >= 0.6 is 0 Å². The van der Waals surface area contributed by atoms with E-state index < -0.39 is 0 Å². The summed E-state index contributed by atoms with van der Waals surface area (Å²) in [6.45, 7) is 2.15. The molecule has 0 radical (unpaired) electrons. The first-order valence-corrected chi connectivity index (χ1v) is 10.8. The maximum atomic E-state index is 11.6. The molecule has 1 aromatic rings. The van der Waals surface area contributed by atoms with Gasteiger partial charge in [0.25, 0.3) is 0 Å². The summed E-state index contributed by atoms with van der Waals surface area (Å²) in [5.41, 5.74) is 6.43. The van der Waals surface area contributed by atoms with Crippen molar-refractivity contribution >= 4 is 5.91 Å². The molecule has 0 aliphatic heterocycles. The van der Waals surface area contributed by atoms with Crippen molar-refractivity contribution in [3.05, 3.63) is 103 Å². The molecule has 0 aliphatic carbocycles. The first-order chi connectivity index (χ1) is 14.8. The van der Waals surface area contributed by atoms with Crippen molar-refractivity contribution in [3.8, 4) is 0 Å². The number of amides is 1. The average molecular weight is 405 g/mol. The van der Waals surface area contributed by atoms with Crippen LogP contribution in [0, 0.1) is 0 Å². The van der Waals surface area contributed by atoms with Gasteiger partial charge in [0, 0.05) is 12.4 Å². The molecule has 0 aromatic carbocycles. The summed E-state index contributed by atoms with van der Waals surface area (Å²) < 4.78 is 0. The van der Waals surface area contributed by atoms with Gasteiger partial charge >= 0.3 is 0 Å². The molecule has 1 amide bonds. The molecule has 0 saturated carbocycles. The molecule has 0 aliphatic rings. The predicted molar refractivity (Wildman–Crippen MR) is 129 cm³/mol. The normalized spacial score (nSPS) is 13.8. The quantitative estimate of drug-likeness (QED) is 0.329. The second kappa shape index (κ2) is 18.1. The van der Waals surface area contributed by atoms with E-state index in [0.29, 0.717) is 6.42 Å². The topological polar surface area (TPSA) is 56.0 Å². The number of carbonyl (C=O) groups is 1.